The summed E-state index contributed by atoms with van der Waals surface area (Å²) in [6.45, 7) is 3.69. The molecule has 0 aromatic carbocycles. The Balaban J connectivity index is 1.93. The first-order chi connectivity index (χ1) is 11.9. The van der Waals surface area contributed by atoms with Gasteiger partial charge in [0.1, 0.15) is 12.1 Å². The molecular weight excluding hydrogens is 334 g/mol. The zero-order valence-electron chi connectivity index (χ0n) is 15.2. The maximum Gasteiger partial charge on any atom is 0.139 e. The fourth-order valence-corrected chi connectivity index (χ4v) is 4.62. The molecule has 1 aliphatic carbocycles. The number of hydrogen-bond acceptors (Lipinski definition) is 5. The van der Waals surface area contributed by atoms with Crippen molar-refractivity contribution in [3.05, 3.63) is 23.7 Å². The summed E-state index contributed by atoms with van der Waals surface area (Å²) in [7, 11) is 1.20. The molecule has 5 nitrogen and oxygen atoms in total. The molecule has 1 aromatic heterocycles. The molecule has 2 rings (SSSR count). The zero-order chi connectivity index (χ0) is 18.4. The second-order valence-corrected chi connectivity index (χ2v) is 8.37. The van der Waals surface area contributed by atoms with Crippen LogP contribution in [-0.2, 0) is 10.8 Å². The fourth-order valence-electron chi connectivity index (χ4n) is 3.05. The van der Waals surface area contributed by atoms with Gasteiger partial charge in [-0.1, -0.05) is 5.92 Å². The van der Waals surface area contributed by atoms with E-state index in [9.17, 15) is 9.32 Å². The Labute approximate surface area is 153 Å². The number of nitrogens with zero attached hydrogens (tertiary/aromatic N) is 3. The normalized spacial score (nSPS) is 22.2. The summed E-state index contributed by atoms with van der Waals surface area (Å²) in [5.41, 5.74) is 1.85. The second-order valence-electron chi connectivity index (χ2n) is 6.75. The molecular formula is C19H27N3O2S. The van der Waals surface area contributed by atoms with Gasteiger partial charge in [-0.15, -0.1) is 6.42 Å². The average Bonchev–Trinajstić information content (AvgIpc) is 2.54. The molecule has 1 saturated carbocycles. The van der Waals surface area contributed by atoms with Gasteiger partial charge in [-0.3, -0.25) is 4.21 Å². The lowest BCUT2D eigenvalue weighted by Gasteiger charge is -2.42. The van der Waals surface area contributed by atoms with Crippen molar-refractivity contribution in [2.45, 2.75) is 45.3 Å². The van der Waals surface area contributed by atoms with Crippen LogP contribution in [0.25, 0.3) is 6.08 Å². The van der Waals surface area contributed by atoms with Crippen molar-refractivity contribution in [1.82, 2.24) is 9.97 Å². The maximum atomic E-state index is 12.1. The molecule has 0 amide bonds. The van der Waals surface area contributed by atoms with Gasteiger partial charge in [0.15, 0.2) is 0 Å². The monoisotopic (exact) mass is 361 g/mol. The zero-order valence-corrected chi connectivity index (χ0v) is 16.0. The third kappa shape index (κ3) is 5.38. The van der Waals surface area contributed by atoms with Gasteiger partial charge in [-0.2, -0.15) is 0 Å². The molecule has 2 unspecified atom stereocenters. The minimum absolute atomic E-state index is 0.375. The average molecular weight is 362 g/mol. The van der Waals surface area contributed by atoms with E-state index in [2.05, 4.69) is 20.8 Å². The lowest BCUT2D eigenvalue weighted by atomic mass is 9.80. The molecule has 136 valence electrons. The Bertz CT molecular complexity index is 676. The van der Waals surface area contributed by atoms with Crippen LogP contribution in [0.1, 0.15) is 37.4 Å². The van der Waals surface area contributed by atoms with Crippen molar-refractivity contribution < 1.29 is 9.32 Å². The van der Waals surface area contributed by atoms with Gasteiger partial charge >= 0.3 is 0 Å². The van der Waals surface area contributed by atoms with Crippen LogP contribution >= 0.6 is 0 Å². The van der Waals surface area contributed by atoms with E-state index in [4.69, 9.17) is 6.42 Å². The van der Waals surface area contributed by atoms with Gasteiger partial charge in [0.05, 0.1) is 11.8 Å². The number of aliphatic hydroxyl groups is 1. The molecule has 0 aliphatic heterocycles. The van der Waals surface area contributed by atoms with E-state index in [1.165, 1.54) is 0 Å². The van der Waals surface area contributed by atoms with E-state index in [0.717, 1.165) is 35.7 Å². The van der Waals surface area contributed by atoms with E-state index >= 15 is 0 Å². The highest BCUT2D eigenvalue weighted by Crippen LogP contribution is 2.35. The molecule has 1 aliphatic rings. The predicted octanol–water partition coefficient (Wildman–Crippen LogP) is 2.17. The summed E-state index contributed by atoms with van der Waals surface area (Å²) in [5, 5.41) is 9.29. The van der Waals surface area contributed by atoms with Crippen molar-refractivity contribution in [2.75, 3.05) is 23.5 Å². The van der Waals surface area contributed by atoms with Crippen LogP contribution in [0.5, 0.6) is 0 Å². The molecule has 0 radical (unpaired) electrons. The molecule has 1 heterocycles. The molecule has 1 N–H and O–H groups in total. The van der Waals surface area contributed by atoms with Gasteiger partial charge in [0.2, 0.25) is 0 Å². The van der Waals surface area contributed by atoms with Gasteiger partial charge in [0.25, 0.3) is 0 Å². The van der Waals surface area contributed by atoms with E-state index < -0.39 is 10.8 Å². The lowest BCUT2D eigenvalue weighted by molar-refractivity contribution is 0.191. The molecule has 0 spiro atoms. The fraction of sp³-hybridized carbons (Fsp3) is 0.579. The minimum atomic E-state index is -0.842. The van der Waals surface area contributed by atoms with Crippen LogP contribution in [0.4, 0.5) is 5.82 Å². The molecule has 2 atom stereocenters. The summed E-state index contributed by atoms with van der Waals surface area (Å²) < 4.78 is 12.1. The van der Waals surface area contributed by atoms with Gasteiger partial charge in [-0.05, 0) is 51.2 Å². The van der Waals surface area contributed by atoms with Crippen molar-refractivity contribution in [1.29, 1.82) is 0 Å². The van der Waals surface area contributed by atoms with Crippen LogP contribution in [0, 0.1) is 25.2 Å². The SMILES string of the molecule is C#C/C=C\c1c(C)ncnc1N(C)C1CC(CS(=O)CCC(C)O)C1. The molecule has 25 heavy (non-hydrogen) atoms. The highest BCUT2D eigenvalue weighted by Gasteiger charge is 2.34. The van der Waals surface area contributed by atoms with Crippen LogP contribution in [0.15, 0.2) is 12.4 Å². The second kappa shape index (κ2) is 9.12. The number of rotatable bonds is 8. The number of allylic oxidation sites excluding steroid dienone is 1. The van der Waals surface area contributed by atoms with Crippen LogP contribution in [0.2, 0.25) is 0 Å². The largest absolute Gasteiger partial charge is 0.393 e. The molecule has 1 fully saturated rings. The number of aromatic nitrogens is 2. The quantitative estimate of drug-likeness (QED) is 0.719. The number of anilines is 1. The highest BCUT2D eigenvalue weighted by atomic mass is 32.2. The predicted molar refractivity (Wildman–Crippen MR) is 104 cm³/mol. The Hall–Kier alpha value is -1.71. The van der Waals surface area contributed by atoms with Crippen LogP contribution in [-0.4, -0.2) is 50.0 Å². The van der Waals surface area contributed by atoms with E-state index in [1.807, 2.05) is 20.0 Å². The number of terminal acetylenes is 1. The van der Waals surface area contributed by atoms with Gasteiger partial charge in [-0.25, -0.2) is 9.97 Å². The standard InChI is InChI=1S/C19H27N3O2S/c1-5-6-7-18-15(3)20-13-21-19(18)22(4)17-10-16(11-17)12-25(24)9-8-14(2)23/h1,6-7,13-14,16-17,23H,8-12H2,2-4H3/b7-6-. The molecule has 0 bridgehead atoms. The van der Waals surface area contributed by atoms with Gasteiger partial charge < -0.3 is 10.0 Å². The molecule has 1 aromatic rings. The first-order valence-electron chi connectivity index (χ1n) is 8.62. The Kier molecular flexibility index (Phi) is 7.15. The minimum Gasteiger partial charge on any atom is -0.393 e. The summed E-state index contributed by atoms with van der Waals surface area (Å²) in [4.78, 5) is 10.9. The summed E-state index contributed by atoms with van der Waals surface area (Å²) in [5.74, 6) is 5.19. The first-order valence-corrected chi connectivity index (χ1v) is 10.1. The number of aryl methyl sites for hydroxylation is 1. The smallest absolute Gasteiger partial charge is 0.139 e. The highest BCUT2D eigenvalue weighted by molar-refractivity contribution is 7.84. The topological polar surface area (TPSA) is 66.3 Å². The third-order valence-corrected chi connectivity index (χ3v) is 6.22. The third-order valence-electron chi connectivity index (χ3n) is 4.69. The maximum absolute atomic E-state index is 12.1. The number of aliphatic hydroxyl groups excluding tert-OH is 1. The van der Waals surface area contributed by atoms with Gasteiger partial charge in [0, 0.05) is 41.0 Å². The first kappa shape index (κ1) is 19.6. The summed E-state index contributed by atoms with van der Waals surface area (Å²) >= 11 is 0. The Morgan fingerprint density at radius 3 is 2.88 bits per heavy atom. The van der Waals surface area contributed by atoms with Crippen LogP contribution < -0.4 is 4.90 Å². The van der Waals surface area contributed by atoms with E-state index in [1.54, 1.807) is 19.3 Å². The van der Waals surface area contributed by atoms with Crippen molar-refractivity contribution in [3.63, 3.8) is 0 Å². The van der Waals surface area contributed by atoms with E-state index in [0.29, 0.717) is 24.1 Å². The summed E-state index contributed by atoms with van der Waals surface area (Å²) in [6.07, 6.45) is 12.7. The van der Waals surface area contributed by atoms with Crippen LogP contribution in [0.3, 0.4) is 0 Å². The number of hydrogen-bond donors (Lipinski definition) is 1. The van der Waals surface area contributed by atoms with Crippen molar-refractivity contribution in [3.8, 4) is 12.3 Å². The lowest BCUT2D eigenvalue weighted by Crippen LogP contribution is -2.45. The van der Waals surface area contributed by atoms with Crippen molar-refractivity contribution in [2.24, 2.45) is 5.92 Å². The van der Waals surface area contributed by atoms with E-state index in [-0.39, 0.29) is 6.10 Å². The summed E-state index contributed by atoms with van der Waals surface area (Å²) in [6, 6.07) is 0.394. The molecule has 0 saturated heterocycles. The Morgan fingerprint density at radius 1 is 1.52 bits per heavy atom. The Morgan fingerprint density at radius 2 is 2.24 bits per heavy atom. The van der Waals surface area contributed by atoms with Crippen molar-refractivity contribution >= 4 is 22.7 Å². The molecule has 6 heteroatoms.